The van der Waals surface area contributed by atoms with Crippen LogP contribution in [0.1, 0.15) is 22.7 Å². The first kappa shape index (κ1) is 16.1. The fourth-order valence-electron chi connectivity index (χ4n) is 3.25. The van der Waals surface area contributed by atoms with Crippen LogP contribution in [0.3, 0.4) is 0 Å². The Morgan fingerprint density at radius 3 is 2.15 bits per heavy atom. The molecule has 2 heterocycles. The van der Waals surface area contributed by atoms with Crippen LogP contribution in [0.5, 0.6) is 0 Å². The van der Waals surface area contributed by atoms with Crippen LogP contribution in [0.15, 0.2) is 85.2 Å². The molecular formula is C22H19N3O. The van der Waals surface area contributed by atoms with E-state index >= 15 is 0 Å². The molecule has 4 heteroatoms. The molecule has 4 rings (SSSR count). The summed E-state index contributed by atoms with van der Waals surface area (Å²) in [7, 11) is 0. The van der Waals surface area contributed by atoms with Gasteiger partial charge in [0, 0.05) is 18.1 Å². The number of hydrogen-bond acceptors (Lipinski definition) is 2. The number of nitrogens with one attached hydrogen (secondary N) is 1. The minimum atomic E-state index is -0.365. The van der Waals surface area contributed by atoms with Gasteiger partial charge in [0.05, 0.1) is 11.6 Å². The highest BCUT2D eigenvalue weighted by Gasteiger charge is 2.23. The van der Waals surface area contributed by atoms with Gasteiger partial charge in [-0.05, 0) is 30.2 Å². The first-order chi connectivity index (χ1) is 12.7. The number of aromatic nitrogens is 2. The fraction of sp³-hybridized carbons (Fsp3) is 0.0909. The van der Waals surface area contributed by atoms with E-state index in [1.165, 1.54) is 0 Å². The molecule has 2 aromatic carbocycles. The molecule has 4 aromatic rings. The molecular weight excluding hydrogens is 322 g/mol. The molecule has 0 atom stereocenters. The van der Waals surface area contributed by atoms with E-state index in [2.05, 4.69) is 10.3 Å². The molecule has 0 radical (unpaired) electrons. The Kier molecular flexibility index (Phi) is 4.23. The van der Waals surface area contributed by atoms with E-state index in [0.29, 0.717) is 0 Å². The van der Waals surface area contributed by atoms with Gasteiger partial charge in [-0.15, -0.1) is 0 Å². The predicted octanol–water partition coefficient (Wildman–Crippen LogP) is 4.41. The van der Waals surface area contributed by atoms with Crippen LogP contribution in [0, 0.1) is 6.92 Å². The number of fused-ring (bicyclic) bond motifs is 1. The zero-order valence-electron chi connectivity index (χ0n) is 14.5. The van der Waals surface area contributed by atoms with E-state index in [1.54, 1.807) is 6.20 Å². The maximum Gasteiger partial charge on any atom is 0.236 e. The van der Waals surface area contributed by atoms with E-state index in [0.717, 1.165) is 28.2 Å². The van der Waals surface area contributed by atoms with Gasteiger partial charge in [0.1, 0.15) is 5.65 Å². The van der Waals surface area contributed by atoms with Gasteiger partial charge in [-0.2, -0.15) is 0 Å². The van der Waals surface area contributed by atoms with E-state index in [4.69, 9.17) is 0 Å². The lowest BCUT2D eigenvalue weighted by molar-refractivity contribution is -0.116. The third kappa shape index (κ3) is 2.97. The van der Waals surface area contributed by atoms with Crippen LogP contribution in [0.2, 0.25) is 0 Å². The predicted molar refractivity (Wildman–Crippen MR) is 103 cm³/mol. The molecule has 1 amide bonds. The van der Waals surface area contributed by atoms with E-state index < -0.39 is 0 Å². The summed E-state index contributed by atoms with van der Waals surface area (Å²) in [4.78, 5) is 17.5. The largest absolute Gasteiger partial charge is 0.324 e. The summed E-state index contributed by atoms with van der Waals surface area (Å²) in [6.07, 6.45) is 3.65. The molecule has 0 aliphatic heterocycles. The number of hydrogen-bond donors (Lipinski definition) is 1. The molecule has 4 nitrogen and oxygen atoms in total. The summed E-state index contributed by atoms with van der Waals surface area (Å²) < 4.78 is 1.97. The molecule has 26 heavy (non-hydrogen) atoms. The number of carbonyl (C=O) groups excluding carboxylic acids is 1. The normalized spacial score (nSPS) is 11.0. The Hall–Kier alpha value is -3.40. The van der Waals surface area contributed by atoms with Gasteiger partial charge < -0.3 is 9.72 Å². The van der Waals surface area contributed by atoms with E-state index in [-0.39, 0.29) is 11.8 Å². The minimum Gasteiger partial charge on any atom is -0.324 e. The first-order valence-corrected chi connectivity index (χ1v) is 8.57. The average Bonchev–Trinajstić information content (AvgIpc) is 3.16. The average molecular weight is 341 g/mol. The van der Waals surface area contributed by atoms with Crippen molar-refractivity contribution in [2.75, 3.05) is 5.32 Å². The summed E-state index contributed by atoms with van der Waals surface area (Å²) in [6.45, 7) is 1.98. The van der Waals surface area contributed by atoms with E-state index in [9.17, 15) is 4.79 Å². The second kappa shape index (κ2) is 6.84. The van der Waals surface area contributed by atoms with Crippen molar-refractivity contribution in [1.82, 2.24) is 9.38 Å². The molecule has 0 spiro atoms. The van der Waals surface area contributed by atoms with Gasteiger partial charge in [0.15, 0.2) is 0 Å². The molecule has 128 valence electrons. The zero-order chi connectivity index (χ0) is 17.9. The Balaban J connectivity index is 1.71. The van der Waals surface area contributed by atoms with Gasteiger partial charge in [-0.1, -0.05) is 60.7 Å². The molecule has 0 saturated heterocycles. The Labute approximate surface area is 152 Å². The first-order valence-electron chi connectivity index (χ1n) is 8.57. The summed E-state index contributed by atoms with van der Waals surface area (Å²) in [5, 5.41) is 3.10. The second-order valence-electron chi connectivity index (χ2n) is 6.23. The third-order valence-electron chi connectivity index (χ3n) is 4.61. The number of nitrogens with zero attached hydrogens (tertiary/aromatic N) is 2. The maximum atomic E-state index is 13.2. The summed E-state index contributed by atoms with van der Waals surface area (Å²) in [5.41, 5.74) is 4.55. The monoisotopic (exact) mass is 341 g/mol. The van der Waals surface area contributed by atoms with Crippen LogP contribution < -0.4 is 5.32 Å². The number of amides is 1. The molecule has 2 aromatic heterocycles. The molecule has 0 aliphatic rings. The Bertz CT molecular complexity index is 999. The van der Waals surface area contributed by atoms with Crippen molar-refractivity contribution in [2.45, 2.75) is 12.8 Å². The molecule has 0 unspecified atom stereocenters. The second-order valence-corrected chi connectivity index (χ2v) is 6.23. The number of rotatable bonds is 4. The molecule has 0 aliphatic carbocycles. The summed E-state index contributed by atoms with van der Waals surface area (Å²) in [5.74, 6) is -0.416. The SMILES string of the molecule is Cc1c(NC(=O)C(c2ccccc2)c2ccccc2)ccc2nccn12. The number of anilines is 1. The number of carbonyl (C=O) groups is 1. The van der Waals surface area contributed by atoms with Crippen molar-refractivity contribution in [3.05, 3.63) is 102 Å². The van der Waals surface area contributed by atoms with E-state index in [1.807, 2.05) is 90.3 Å². The van der Waals surface area contributed by atoms with Crippen molar-refractivity contribution in [2.24, 2.45) is 0 Å². The third-order valence-corrected chi connectivity index (χ3v) is 4.61. The van der Waals surface area contributed by atoms with Crippen LogP contribution in [-0.2, 0) is 4.79 Å². The van der Waals surface area contributed by atoms with Gasteiger partial charge in [-0.25, -0.2) is 4.98 Å². The van der Waals surface area contributed by atoms with Crippen LogP contribution in [0.4, 0.5) is 5.69 Å². The minimum absolute atomic E-state index is 0.0510. The fourth-order valence-corrected chi connectivity index (χ4v) is 3.25. The Morgan fingerprint density at radius 2 is 1.54 bits per heavy atom. The van der Waals surface area contributed by atoms with Gasteiger partial charge in [0.25, 0.3) is 0 Å². The van der Waals surface area contributed by atoms with Crippen molar-refractivity contribution in [3.8, 4) is 0 Å². The molecule has 0 saturated carbocycles. The molecule has 1 N–H and O–H groups in total. The Morgan fingerprint density at radius 1 is 0.923 bits per heavy atom. The summed E-state index contributed by atoms with van der Waals surface area (Å²) in [6, 6.07) is 23.5. The van der Waals surface area contributed by atoms with Crippen LogP contribution >= 0.6 is 0 Å². The lowest BCUT2D eigenvalue weighted by atomic mass is 9.90. The smallest absolute Gasteiger partial charge is 0.236 e. The highest BCUT2D eigenvalue weighted by Crippen LogP contribution is 2.27. The number of aryl methyl sites for hydroxylation is 1. The quantitative estimate of drug-likeness (QED) is 0.597. The topological polar surface area (TPSA) is 46.4 Å². The van der Waals surface area contributed by atoms with Crippen LogP contribution in [-0.4, -0.2) is 15.3 Å². The molecule has 0 fully saturated rings. The lowest BCUT2D eigenvalue weighted by Crippen LogP contribution is -2.23. The van der Waals surface area contributed by atoms with Crippen molar-refractivity contribution in [3.63, 3.8) is 0 Å². The van der Waals surface area contributed by atoms with Gasteiger partial charge >= 0.3 is 0 Å². The number of benzene rings is 2. The van der Waals surface area contributed by atoms with Crippen LogP contribution in [0.25, 0.3) is 5.65 Å². The maximum absolute atomic E-state index is 13.2. The summed E-state index contributed by atoms with van der Waals surface area (Å²) >= 11 is 0. The van der Waals surface area contributed by atoms with Gasteiger partial charge in [0.2, 0.25) is 5.91 Å². The zero-order valence-corrected chi connectivity index (χ0v) is 14.5. The van der Waals surface area contributed by atoms with Crippen molar-refractivity contribution >= 4 is 17.2 Å². The van der Waals surface area contributed by atoms with Crippen molar-refractivity contribution in [1.29, 1.82) is 0 Å². The van der Waals surface area contributed by atoms with Crippen molar-refractivity contribution < 1.29 is 4.79 Å². The highest BCUT2D eigenvalue weighted by atomic mass is 16.1. The highest BCUT2D eigenvalue weighted by molar-refractivity contribution is 5.98. The lowest BCUT2D eigenvalue weighted by Gasteiger charge is -2.19. The molecule has 0 bridgehead atoms. The number of imidazole rings is 1. The number of pyridine rings is 1. The standard InChI is InChI=1S/C22H19N3O/c1-16-19(12-13-20-23-14-15-25(16)20)24-22(26)21(17-8-4-2-5-9-17)18-10-6-3-7-11-18/h2-15,21H,1H3,(H,24,26). The van der Waals surface area contributed by atoms with Gasteiger partial charge in [-0.3, -0.25) is 4.79 Å².